The predicted molar refractivity (Wildman–Crippen MR) is 124 cm³/mol. The highest BCUT2D eigenvalue weighted by molar-refractivity contribution is 6.06. The monoisotopic (exact) mass is 412 g/mol. The average molecular weight is 413 g/mol. The van der Waals surface area contributed by atoms with Crippen molar-refractivity contribution in [3.8, 4) is 0 Å². The third-order valence-electron chi connectivity index (χ3n) is 5.23. The maximum Gasteiger partial charge on any atom is 0.222 e. The first-order valence-electron chi connectivity index (χ1n) is 9.99. The van der Waals surface area contributed by atoms with Crippen molar-refractivity contribution in [3.05, 3.63) is 60.2 Å². The van der Waals surface area contributed by atoms with Gasteiger partial charge in [0.25, 0.3) is 0 Å². The summed E-state index contributed by atoms with van der Waals surface area (Å²) in [6.45, 7) is 6.38. The minimum absolute atomic E-state index is 0. The molecule has 1 atom stereocenters. The third kappa shape index (κ3) is 4.65. The summed E-state index contributed by atoms with van der Waals surface area (Å²) < 4.78 is 0. The van der Waals surface area contributed by atoms with Crippen LogP contribution >= 0.6 is 12.4 Å². The maximum absolute atomic E-state index is 6.11. The number of nitrogens with two attached hydrogens (primary N) is 1. The van der Waals surface area contributed by atoms with Crippen LogP contribution in [-0.4, -0.2) is 36.2 Å². The van der Waals surface area contributed by atoms with Crippen molar-refractivity contribution in [1.29, 1.82) is 0 Å². The normalized spacial score (nSPS) is 18.9. The van der Waals surface area contributed by atoms with Crippen molar-refractivity contribution in [2.45, 2.75) is 38.9 Å². The van der Waals surface area contributed by atoms with Crippen molar-refractivity contribution < 1.29 is 0 Å². The molecule has 1 fully saturated rings. The molecule has 1 saturated heterocycles. The van der Waals surface area contributed by atoms with Crippen molar-refractivity contribution in [2.24, 2.45) is 15.7 Å². The number of rotatable bonds is 4. The number of aliphatic imine (C=N–C) groups is 2. The first-order chi connectivity index (χ1) is 13.6. The van der Waals surface area contributed by atoms with Gasteiger partial charge in [0.1, 0.15) is 0 Å². The number of halogens is 1. The number of para-hydroxylation sites is 1. The standard InChI is InChI=1S/C22H28N6.ClH/c1-16(2)17-10-12-18(13-11-17)24-21-25-20(23)26-22(27-14-6-7-15-27)28(21)19-8-4-3-5-9-19;/h3-5,8-13,16,21,24H,6-7,14-15H2,1-2H3,(H2,23,25);1H. The highest BCUT2D eigenvalue weighted by atomic mass is 35.5. The van der Waals surface area contributed by atoms with Gasteiger partial charge in [-0.1, -0.05) is 44.2 Å². The zero-order valence-electron chi connectivity index (χ0n) is 17.0. The molecule has 2 aromatic rings. The Hall–Kier alpha value is -2.73. The number of hydrogen-bond acceptors (Lipinski definition) is 6. The lowest BCUT2D eigenvalue weighted by Gasteiger charge is -2.38. The van der Waals surface area contributed by atoms with Gasteiger partial charge in [0.2, 0.25) is 18.2 Å². The van der Waals surface area contributed by atoms with Crippen LogP contribution in [0.15, 0.2) is 64.6 Å². The summed E-state index contributed by atoms with van der Waals surface area (Å²) in [5.41, 5.74) is 9.48. The Balaban J connectivity index is 0.00000240. The number of hydrogen-bond donors (Lipinski definition) is 2. The average Bonchev–Trinajstić information content (AvgIpc) is 3.23. The Kier molecular flexibility index (Phi) is 6.64. The molecule has 2 aliphatic rings. The fourth-order valence-electron chi connectivity index (χ4n) is 3.67. The molecule has 7 heteroatoms. The first kappa shape index (κ1) is 21.0. The van der Waals surface area contributed by atoms with E-state index in [9.17, 15) is 0 Å². The first-order valence-corrected chi connectivity index (χ1v) is 9.99. The lowest BCUT2D eigenvalue weighted by atomic mass is 10.0. The Morgan fingerprint density at radius 3 is 2.28 bits per heavy atom. The Bertz CT molecular complexity index is 857. The van der Waals surface area contributed by atoms with Gasteiger partial charge in [0.05, 0.1) is 0 Å². The van der Waals surface area contributed by atoms with Gasteiger partial charge in [0.15, 0.2) is 0 Å². The number of nitrogens with zero attached hydrogens (tertiary/aromatic N) is 4. The van der Waals surface area contributed by atoms with Crippen molar-refractivity contribution in [3.63, 3.8) is 0 Å². The second kappa shape index (κ2) is 9.18. The number of likely N-dealkylation sites (tertiary alicyclic amines) is 1. The molecule has 2 aliphatic heterocycles. The van der Waals surface area contributed by atoms with Gasteiger partial charge in [-0.2, -0.15) is 4.99 Å². The molecular formula is C22H29ClN6. The quantitative estimate of drug-likeness (QED) is 0.789. The molecule has 6 nitrogen and oxygen atoms in total. The fourth-order valence-corrected chi connectivity index (χ4v) is 3.67. The van der Waals surface area contributed by atoms with E-state index in [1.165, 1.54) is 18.4 Å². The molecule has 0 spiro atoms. The zero-order chi connectivity index (χ0) is 19.5. The summed E-state index contributed by atoms with van der Waals surface area (Å²) in [5, 5.41) is 3.53. The minimum atomic E-state index is -0.347. The van der Waals surface area contributed by atoms with Gasteiger partial charge in [-0.25, -0.2) is 4.99 Å². The molecule has 0 aromatic heterocycles. The Labute approximate surface area is 178 Å². The number of nitrogens with one attached hydrogen (secondary N) is 1. The van der Waals surface area contributed by atoms with Crippen LogP contribution in [0, 0.1) is 0 Å². The van der Waals surface area contributed by atoms with Gasteiger partial charge < -0.3 is 16.0 Å². The van der Waals surface area contributed by atoms with E-state index in [4.69, 9.17) is 5.73 Å². The summed E-state index contributed by atoms with van der Waals surface area (Å²) in [6.07, 6.45) is 2.00. The van der Waals surface area contributed by atoms with Crippen LogP contribution < -0.4 is 16.0 Å². The molecule has 2 heterocycles. The van der Waals surface area contributed by atoms with Gasteiger partial charge >= 0.3 is 0 Å². The van der Waals surface area contributed by atoms with Crippen LogP contribution in [0.3, 0.4) is 0 Å². The molecule has 4 rings (SSSR count). The smallest absolute Gasteiger partial charge is 0.222 e. The van der Waals surface area contributed by atoms with E-state index >= 15 is 0 Å². The van der Waals surface area contributed by atoms with Gasteiger partial charge in [-0.3, -0.25) is 4.90 Å². The second-order valence-corrected chi connectivity index (χ2v) is 7.59. The fraction of sp³-hybridized carbons (Fsp3) is 0.364. The summed E-state index contributed by atoms with van der Waals surface area (Å²) in [6, 6.07) is 18.8. The van der Waals surface area contributed by atoms with Crippen LogP contribution in [0.2, 0.25) is 0 Å². The van der Waals surface area contributed by atoms with E-state index in [1.807, 2.05) is 18.2 Å². The van der Waals surface area contributed by atoms with Crippen LogP contribution in [0.5, 0.6) is 0 Å². The lowest BCUT2D eigenvalue weighted by Crippen LogP contribution is -2.54. The van der Waals surface area contributed by atoms with Crippen LogP contribution in [0.25, 0.3) is 0 Å². The van der Waals surface area contributed by atoms with E-state index in [0.717, 1.165) is 30.4 Å². The van der Waals surface area contributed by atoms with E-state index in [-0.39, 0.29) is 18.7 Å². The van der Waals surface area contributed by atoms with Gasteiger partial charge in [-0.15, -0.1) is 12.4 Å². The number of anilines is 2. The lowest BCUT2D eigenvalue weighted by molar-refractivity contribution is 0.497. The summed E-state index contributed by atoms with van der Waals surface area (Å²) >= 11 is 0. The molecule has 0 saturated carbocycles. The van der Waals surface area contributed by atoms with Gasteiger partial charge in [0, 0.05) is 24.5 Å². The van der Waals surface area contributed by atoms with E-state index in [0.29, 0.717) is 11.9 Å². The molecule has 0 aliphatic carbocycles. The Morgan fingerprint density at radius 2 is 1.66 bits per heavy atom. The van der Waals surface area contributed by atoms with Crippen LogP contribution in [0.1, 0.15) is 38.2 Å². The van der Waals surface area contributed by atoms with Crippen molar-refractivity contribution in [1.82, 2.24) is 4.90 Å². The molecule has 154 valence electrons. The zero-order valence-corrected chi connectivity index (χ0v) is 17.8. The largest absolute Gasteiger partial charge is 0.368 e. The van der Waals surface area contributed by atoms with Crippen LogP contribution in [0.4, 0.5) is 11.4 Å². The molecule has 1 unspecified atom stereocenters. The minimum Gasteiger partial charge on any atom is -0.368 e. The molecule has 2 aromatic carbocycles. The topological polar surface area (TPSA) is 69.2 Å². The highest BCUT2D eigenvalue weighted by Gasteiger charge is 2.32. The molecule has 0 amide bonds. The van der Waals surface area contributed by atoms with Crippen molar-refractivity contribution in [2.75, 3.05) is 23.3 Å². The summed E-state index contributed by atoms with van der Waals surface area (Å²) in [7, 11) is 0. The summed E-state index contributed by atoms with van der Waals surface area (Å²) in [4.78, 5) is 13.7. The maximum atomic E-state index is 6.11. The molecule has 0 radical (unpaired) electrons. The number of guanidine groups is 2. The van der Waals surface area contributed by atoms with E-state index < -0.39 is 0 Å². The van der Waals surface area contributed by atoms with E-state index in [1.54, 1.807) is 0 Å². The third-order valence-corrected chi connectivity index (χ3v) is 5.23. The molecule has 0 bridgehead atoms. The molecule has 29 heavy (non-hydrogen) atoms. The summed E-state index contributed by atoms with van der Waals surface area (Å²) in [5.74, 6) is 1.69. The molecule has 3 N–H and O–H groups in total. The molecular weight excluding hydrogens is 384 g/mol. The number of benzene rings is 2. The van der Waals surface area contributed by atoms with E-state index in [2.05, 4.69) is 75.3 Å². The predicted octanol–water partition coefficient (Wildman–Crippen LogP) is 4.21. The SMILES string of the molecule is CC(C)c1ccc(NC2N=C(N)N=C(N3CCCC3)N2c2ccccc2)cc1.Cl. The van der Waals surface area contributed by atoms with Crippen molar-refractivity contribution >= 4 is 35.7 Å². The Morgan fingerprint density at radius 1 is 1.00 bits per heavy atom. The van der Waals surface area contributed by atoms with Gasteiger partial charge in [-0.05, 0) is 48.6 Å². The highest BCUT2D eigenvalue weighted by Crippen LogP contribution is 2.26. The second-order valence-electron chi connectivity index (χ2n) is 7.59. The van der Waals surface area contributed by atoms with Crippen LogP contribution in [-0.2, 0) is 0 Å².